The van der Waals surface area contributed by atoms with Crippen LogP contribution in [0.25, 0.3) is 11.8 Å². The van der Waals surface area contributed by atoms with Gasteiger partial charge in [-0.25, -0.2) is 0 Å². The van der Waals surface area contributed by atoms with E-state index in [0.29, 0.717) is 25.9 Å². The lowest BCUT2D eigenvalue weighted by atomic mass is 10.1. The van der Waals surface area contributed by atoms with Gasteiger partial charge in [0, 0.05) is 23.3 Å². The number of carbonyl (C=O) groups is 2. The fourth-order valence-corrected chi connectivity index (χ4v) is 3.67. The van der Waals surface area contributed by atoms with Gasteiger partial charge >= 0.3 is 0 Å². The summed E-state index contributed by atoms with van der Waals surface area (Å²) in [7, 11) is 0. The summed E-state index contributed by atoms with van der Waals surface area (Å²) in [5.41, 5.74) is 1.07. The lowest BCUT2D eigenvalue weighted by Gasteiger charge is -2.27. The maximum atomic E-state index is 12.7. The van der Waals surface area contributed by atoms with Crippen molar-refractivity contribution in [3.05, 3.63) is 75.0 Å². The zero-order chi connectivity index (χ0) is 20.4. The molecule has 3 rings (SSSR count). The molecule has 9 heteroatoms. The Labute approximate surface area is 181 Å². The number of aromatic nitrogens is 1. The Morgan fingerprint density at radius 2 is 1.93 bits per heavy atom. The molecular formula is C19H13Cl2N3O2S2. The molecule has 2 amide bonds. The number of hydrogen-bond donors (Lipinski definition) is 1. The first kappa shape index (κ1) is 20.4. The molecule has 1 N–H and O–H groups in total. The van der Waals surface area contributed by atoms with Crippen molar-refractivity contribution in [2.75, 3.05) is 6.54 Å². The van der Waals surface area contributed by atoms with E-state index in [1.54, 1.807) is 41.1 Å². The van der Waals surface area contributed by atoms with Crippen LogP contribution in [0.1, 0.15) is 5.56 Å². The predicted molar refractivity (Wildman–Crippen MR) is 117 cm³/mol. The molecule has 2 heterocycles. The summed E-state index contributed by atoms with van der Waals surface area (Å²) in [6, 6.07) is 8.49. The van der Waals surface area contributed by atoms with E-state index in [2.05, 4.69) is 11.9 Å². The Morgan fingerprint density at radius 1 is 1.18 bits per heavy atom. The van der Waals surface area contributed by atoms with Crippen LogP contribution in [-0.2, 0) is 9.59 Å². The molecule has 0 spiro atoms. The second-order valence-corrected chi connectivity index (χ2v) is 7.37. The number of hydrogen-bond acceptors (Lipinski definition) is 4. The Bertz CT molecular complexity index is 1110. The molecule has 1 fully saturated rings. The van der Waals surface area contributed by atoms with Gasteiger partial charge in [0.2, 0.25) is 0 Å². The number of pyridine rings is 1. The first-order chi connectivity index (χ1) is 13.3. The molecule has 0 aliphatic carbocycles. The Kier molecular flexibility index (Phi) is 6.10. The average Bonchev–Trinajstić information content (AvgIpc) is 2.64. The van der Waals surface area contributed by atoms with Gasteiger partial charge in [0.1, 0.15) is 10.2 Å². The first-order valence-electron chi connectivity index (χ1n) is 8.00. The van der Waals surface area contributed by atoms with E-state index in [1.165, 1.54) is 17.1 Å². The summed E-state index contributed by atoms with van der Waals surface area (Å²) in [6.45, 7) is 3.78. The van der Waals surface area contributed by atoms with Crippen LogP contribution in [0.3, 0.4) is 0 Å². The quantitative estimate of drug-likeness (QED) is 0.326. The van der Waals surface area contributed by atoms with Crippen molar-refractivity contribution in [1.29, 1.82) is 0 Å². The molecule has 0 unspecified atom stereocenters. The van der Waals surface area contributed by atoms with Gasteiger partial charge in [-0.1, -0.05) is 47.6 Å². The van der Waals surface area contributed by atoms with Crippen LogP contribution >= 0.6 is 47.6 Å². The molecule has 1 aliphatic heterocycles. The highest BCUT2D eigenvalue weighted by atomic mass is 35.5. The van der Waals surface area contributed by atoms with E-state index < -0.39 is 11.8 Å². The summed E-state index contributed by atoms with van der Waals surface area (Å²) in [6.07, 6.45) is 4.70. The number of thiocarbonyl (C=S) groups is 1. The number of nitrogens with zero attached hydrogens (tertiary/aromatic N) is 2. The minimum atomic E-state index is -0.579. The van der Waals surface area contributed by atoms with Crippen LogP contribution < -0.4 is 5.32 Å². The maximum Gasteiger partial charge on any atom is 0.265 e. The number of benzene rings is 1. The monoisotopic (exact) mass is 449 g/mol. The molecule has 0 atom stereocenters. The molecule has 142 valence electrons. The Hall–Kier alpha value is -2.32. The number of rotatable bonds is 4. The molecule has 0 saturated carbocycles. The fourth-order valence-electron chi connectivity index (χ4n) is 2.63. The van der Waals surface area contributed by atoms with Gasteiger partial charge in [0.15, 0.2) is 5.11 Å². The molecule has 1 aromatic heterocycles. The van der Waals surface area contributed by atoms with Crippen molar-refractivity contribution in [3.63, 3.8) is 0 Å². The predicted octanol–water partition coefficient (Wildman–Crippen LogP) is 4.33. The zero-order valence-corrected chi connectivity index (χ0v) is 17.5. The highest BCUT2D eigenvalue weighted by Crippen LogP contribution is 2.26. The zero-order valence-electron chi connectivity index (χ0n) is 14.3. The van der Waals surface area contributed by atoms with E-state index in [9.17, 15) is 9.59 Å². The van der Waals surface area contributed by atoms with Crippen molar-refractivity contribution in [2.24, 2.45) is 0 Å². The maximum absolute atomic E-state index is 12.7. The van der Waals surface area contributed by atoms with Crippen molar-refractivity contribution < 1.29 is 9.59 Å². The molecule has 5 nitrogen and oxygen atoms in total. The van der Waals surface area contributed by atoms with E-state index in [-0.39, 0.29) is 17.2 Å². The van der Waals surface area contributed by atoms with E-state index in [4.69, 9.17) is 47.6 Å². The number of halogens is 2. The van der Waals surface area contributed by atoms with Gasteiger partial charge in [0.25, 0.3) is 11.8 Å². The Morgan fingerprint density at radius 3 is 2.61 bits per heavy atom. The van der Waals surface area contributed by atoms with Crippen LogP contribution in [0.15, 0.2) is 54.8 Å². The van der Waals surface area contributed by atoms with E-state index in [0.717, 1.165) is 0 Å². The van der Waals surface area contributed by atoms with Gasteiger partial charge in [-0.05, 0) is 42.6 Å². The molecular weight excluding hydrogens is 437 g/mol. The molecule has 2 aromatic rings. The van der Waals surface area contributed by atoms with Crippen LogP contribution in [0.5, 0.6) is 0 Å². The van der Waals surface area contributed by atoms with Crippen molar-refractivity contribution in [1.82, 2.24) is 14.8 Å². The summed E-state index contributed by atoms with van der Waals surface area (Å²) in [4.78, 5) is 26.2. The molecule has 1 aromatic carbocycles. The van der Waals surface area contributed by atoms with Crippen molar-refractivity contribution in [3.8, 4) is 5.69 Å². The van der Waals surface area contributed by atoms with Gasteiger partial charge in [0.05, 0.1) is 10.7 Å². The molecule has 0 bridgehead atoms. The minimum Gasteiger partial charge on any atom is -0.306 e. The van der Waals surface area contributed by atoms with Crippen molar-refractivity contribution >= 4 is 70.6 Å². The number of nitrogens with one attached hydrogen (secondary N) is 1. The topological polar surface area (TPSA) is 54.3 Å². The Balaban J connectivity index is 2.08. The van der Waals surface area contributed by atoms with Crippen LogP contribution in [0, 0.1) is 4.64 Å². The third-order valence-corrected chi connectivity index (χ3v) is 5.24. The summed E-state index contributed by atoms with van der Waals surface area (Å²) < 4.78 is 2.06. The smallest absolute Gasteiger partial charge is 0.265 e. The number of carbonyl (C=O) groups excluding carboxylic acids is 2. The van der Waals surface area contributed by atoms with Crippen LogP contribution in [0.4, 0.5) is 0 Å². The van der Waals surface area contributed by atoms with Crippen LogP contribution in [0.2, 0.25) is 10.0 Å². The molecule has 28 heavy (non-hydrogen) atoms. The number of amides is 2. The lowest BCUT2D eigenvalue weighted by Crippen LogP contribution is -2.53. The third-order valence-electron chi connectivity index (χ3n) is 3.94. The molecule has 1 aliphatic rings. The molecule has 0 radical (unpaired) electrons. The average molecular weight is 450 g/mol. The van der Waals surface area contributed by atoms with E-state index in [1.807, 2.05) is 0 Å². The SMILES string of the molecule is C=CCN1C(=O)C(=Cc2cccn(-c3ccc(Cl)cc3Cl)c2=S)C(=O)NC1=S. The fraction of sp³-hybridized carbons (Fsp3) is 0.0526. The summed E-state index contributed by atoms with van der Waals surface area (Å²) >= 11 is 22.8. The van der Waals surface area contributed by atoms with Gasteiger partial charge in [-0.15, -0.1) is 6.58 Å². The molecule has 1 saturated heterocycles. The second-order valence-electron chi connectivity index (χ2n) is 5.76. The summed E-state index contributed by atoms with van der Waals surface area (Å²) in [5.74, 6) is -1.09. The van der Waals surface area contributed by atoms with E-state index >= 15 is 0 Å². The van der Waals surface area contributed by atoms with Crippen LogP contribution in [-0.4, -0.2) is 32.9 Å². The first-order valence-corrected chi connectivity index (χ1v) is 9.57. The second kappa shape index (κ2) is 8.36. The van der Waals surface area contributed by atoms with Gasteiger partial charge in [-0.3, -0.25) is 19.8 Å². The third kappa shape index (κ3) is 3.93. The summed E-state index contributed by atoms with van der Waals surface area (Å²) in [5, 5.41) is 3.46. The highest BCUT2D eigenvalue weighted by Gasteiger charge is 2.32. The van der Waals surface area contributed by atoms with Gasteiger partial charge < -0.3 is 4.57 Å². The largest absolute Gasteiger partial charge is 0.306 e. The lowest BCUT2D eigenvalue weighted by molar-refractivity contribution is -0.128. The standard InChI is InChI=1S/C19H13Cl2N3O2S2/c1-2-7-24-17(26)13(16(25)22-19(24)28)9-11-4-3-8-23(18(11)27)15-6-5-12(20)10-14(15)21/h2-6,8-10H,1,7H2,(H,22,25,28). The van der Waals surface area contributed by atoms with Crippen molar-refractivity contribution in [2.45, 2.75) is 0 Å². The highest BCUT2D eigenvalue weighted by molar-refractivity contribution is 7.80. The normalized spacial score (nSPS) is 15.7. The van der Waals surface area contributed by atoms with Gasteiger partial charge in [-0.2, -0.15) is 0 Å². The minimum absolute atomic E-state index is 0.0433.